The van der Waals surface area contributed by atoms with Crippen molar-refractivity contribution in [2.75, 3.05) is 0 Å². The van der Waals surface area contributed by atoms with Crippen molar-refractivity contribution in [1.29, 1.82) is 0 Å². The van der Waals surface area contributed by atoms with Crippen molar-refractivity contribution in [3.63, 3.8) is 0 Å². The van der Waals surface area contributed by atoms with E-state index in [0.717, 1.165) is 94.4 Å². The Morgan fingerprint density at radius 1 is 0.345 bits per heavy atom. The molecule has 0 radical (unpaired) electrons. The minimum Gasteiger partial charge on any atom is -0.292 e. The first kappa shape index (κ1) is 32.2. The molecule has 0 bridgehead atoms. The summed E-state index contributed by atoms with van der Waals surface area (Å²) < 4.78 is 4.52. The second kappa shape index (κ2) is 12.8. The molecule has 0 aliphatic carbocycles. The Kier molecular flexibility index (Phi) is 7.09. The van der Waals surface area contributed by atoms with E-state index in [2.05, 4.69) is 158 Å². The zero-order valence-corrected chi connectivity index (χ0v) is 31.0. The molecule has 6 aromatic heterocycles. The zero-order chi connectivity index (χ0) is 38.2. The second-order valence-corrected chi connectivity index (χ2v) is 14.5. The summed E-state index contributed by atoms with van der Waals surface area (Å²) in [6.07, 6.45) is 3.64. The molecule has 7 heteroatoms. The van der Waals surface area contributed by atoms with E-state index in [9.17, 15) is 0 Å². The molecule has 0 aliphatic rings. The lowest BCUT2D eigenvalue weighted by atomic mass is 10.0. The Hall–Kier alpha value is -8.03. The van der Waals surface area contributed by atoms with Gasteiger partial charge in [-0.05, 0) is 60.0 Å². The number of aromatic nitrogens is 7. The highest BCUT2D eigenvalue weighted by Crippen LogP contribution is 2.40. The van der Waals surface area contributed by atoms with Crippen molar-refractivity contribution in [3.8, 4) is 51.0 Å². The van der Waals surface area contributed by atoms with Crippen LogP contribution in [0.1, 0.15) is 0 Å². The minimum atomic E-state index is 0.570. The van der Waals surface area contributed by atoms with Crippen molar-refractivity contribution in [2.24, 2.45) is 0 Å². The Morgan fingerprint density at radius 3 is 1.43 bits per heavy atom. The summed E-state index contributed by atoms with van der Waals surface area (Å²) in [6.45, 7) is 0. The van der Waals surface area contributed by atoms with Gasteiger partial charge in [0.05, 0.1) is 44.8 Å². The molecule has 12 rings (SSSR count). The van der Waals surface area contributed by atoms with Crippen LogP contribution in [0.3, 0.4) is 0 Å². The van der Waals surface area contributed by atoms with Crippen molar-refractivity contribution in [1.82, 2.24) is 33.9 Å². The number of pyridine rings is 3. The van der Waals surface area contributed by atoms with Crippen molar-refractivity contribution in [3.05, 3.63) is 188 Å². The van der Waals surface area contributed by atoms with Crippen LogP contribution in [0.5, 0.6) is 0 Å². The molecule has 0 fully saturated rings. The molecular formula is C51H31N7. The van der Waals surface area contributed by atoms with Gasteiger partial charge in [-0.3, -0.25) is 18.9 Å². The summed E-state index contributed by atoms with van der Waals surface area (Å²) in [5.74, 6) is 0.570. The van der Waals surface area contributed by atoms with Gasteiger partial charge in [-0.2, -0.15) is 0 Å². The first-order chi connectivity index (χ1) is 28.8. The Morgan fingerprint density at radius 2 is 0.845 bits per heavy atom. The average molecular weight is 742 g/mol. The third-order valence-corrected chi connectivity index (χ3v) is 11.3. The third-order valence-electron chi connectivity index (χ3n) is 11.3. The molecule has 0 atom stereocenters. The average Bonchev–Trinajstić information content (AvgIpc) is 3.87. The van der Waals surface area contributed by atoms with Crippen LogP contribution in [0.4, 0.5) is 0 Å². The normalized spacial score (nSPS) is 11.8. The molecule has 0 saturated carbocycles. The molecule has 0 N–H and O–H groups in total. The molecule has 58 heavy (non-hydrogen) atoms. The summed E-state index contributed by atoms with van der Waals surface area (Å²) in [6, 6.07) is 61.0. The van der Waals surface area contributed by atoms with Gasteiger partial charge in [0.2, 0.25) is 5.95 Å². The summed E-state index contributed by atoms with van der Waals surface area (Å²) in [5.41, 5.74) is 13.4. The summed E-state index contributed by atoms with van der Waals surface area (Å²) in [5, 5.41) is 5.68. The van der Waals surface area contributed by atoms with Gasteiger partial charge in [0.15, 0.2) is 0 Å². The maximum atomic E-state index is 5.52. The fraction of sp³-hybridized carbons (Fsp3) is 0. The molecule has 0 unspecified atom stereocenters. The monoisotopic (exact) mass is 741 g/mol. The number of fused-ring (bicyclic) bond motifs is 12. The highest BCUT2D eigenvalue weighted by atomic mass is 15.2. The van der Waals surface area contributed by atoms with Gasteiger partial charge in [-0.1, -0.05) is 121 Å². The highest BCUT2D eigenvalue weighted by Gasteiger charge is 2.22. The molecule has 0 saturated heterocycles. The third kappa shape index (κ3) is 4.97. The number of benzene rings is 6. The van der Waals surface area contributed by atoms with Crippen LogP contribution in [0.2, 0.25) is 0 Å². The molecule has 7 nitrogen and oxygen atoms in total. The van der Waals surface area contributed by atoms with Crippen LogP contribution in [0, 0.1) is 0 Å². The van der Waals surface area contributed by atoms with Gasteiger partial charge in [0, 0.05) is 56.2 Å². The number of hydrogen-bond donors (Lipinski definition) is 0. The number of nitrogens with zero attached hydrogens (tertiary/aromatic N) is 7. The second-order valence-electron chi connectivity index (χ2n) is 14.5. The highest BCUT2D eigenvalue weighted by molar-refractivity contribution is 6.20. The first-order valence-electron chi connectivity index (χ1n) is 19.3. The SMILES string of the molecule is c1ccc(-c2ccc(-c3cc(-c4ccc(-c5ccccn5)cc4)nc(-n4c5ccccc5c5ccc6c(nc7c8ccccc8c8ccccc8n67)c54)n3)cc2)nc1. The van der Waals surface area contributed by atoms with Crippen LogP contribution < -0.4 is 0 Å². The maximum absolute atomic E-state index is 5.52. The van der Waals surface area contributed by atoms with E-state index in [1.54, 1.807) is 0 Å². The van der Waals surface area contributed by atoms with Gasteiger partial charge >= 0.3 is 0 Å². The lowest BCUT2D eigenvalue weighted by molar-refractivity contribution is 0.997. The summed E-state index contributed by atoms with van der Waals surface area (Å²) >= 11 is 0. The lowest BCUT2D eigenvalue weighted by Crippen LogP contribution is -2.04. The van der Waals surface area contributed by atoms with E-state index in [1.807, 2.05) is 48.8 Å². The van der Waals surface area contributed by atoms with Gasteiger partial charge in [-0.15, -0.1) is 0 Å². The Balaban J connectivity index is 1.14. The number of hydrogen-bond acceptors (Lipinski definition) is 5. The largest absolute Gasteiger partial charge is 0.292 e. The fourth-order valence-electron chi connectivity index (χ4n) is 8.55. The van der Waals surface area contributed by atoms with E-state index in [-0.39, 0.29) is 0 Å². The topological polar surface area (TPSA) is 73.8 Å². The van der Waals surface area contributed by atoms with Gasteiger partial charge in [-0.25, -0.2) is 15.0 Å². The van der Waals surface area contributed by atoms with E-state index < -0.39 is 0 Å². The van der Waals surface area contributed by atoms with E-state index in [0.29, 0.717) is 5.95 Å². The molecular weight excluding hydrogens is 711 g/mol. The van der Waals surface area contributed by atoms with E-state index >= 15 is 0 Å². The number of rotatable bonds is 5. The molecule has 0 aliphatic heterocycles. The van der Waals surface area contributed by atoms with Gasteiger partial charge < -0.3 is 0 Å². The predicted molar refractivity (Wildman–Crippen MR) is 235 cm³/mol. The zero-order valence-electron chi connectivity index (χ0n) is 31.0. The molecule has 6 aromatic carbocycles. The summed E-state index contributed by atoms with van der Waals surface area (Å²) in [7, 11) is 0. The Labute approximate surface area is 332 Å². The molecule has 270 valence electrons. The van der Waals surface area contributed by atoms with Gasteiger partial charge in [0.1, 0.15) is 11.2 Å². The molecule has 12 aromatic rings. The van der Waals surface area contributed by atoms with Gasteiger partial charge in [0.25, 0.3) is 0 Å². The molecule has 6 heterocycles. The quantitative estimate of drug-likeness (QED) is 0.164. The van der Waals surface area contributed by atoms with E-state index in [4.69, 9.17) is 15.0 Å². The van der Waals surface area contributed by atoms with Crippen molar-refractivity contribution >= 4 is 60.2 Å². The number of imidazole rings is 1. The predicted octanol–water partition coefficient (Wildman–Crippen LogP) is 12.1. The Bertz CT molecular complexity index is 3430. The van der Waals surface area contributed by atoms with Crippen LogP contribution in [0.15, 0.2) is 188 Å². The standard InChI is InChI=1S/C51H31N7/c1-2-14-40-36(11-1)37-12-3-5-17-45(37)57-47-28-27-39-38-13-4-6-18-46(38)58(49(39)48(47)56-50(40)57)51-54-43(34-23-19-32(20-24-34)41-15-7-9-29-52-41)31-44(55-51)35-25-21-33(22-26-35)42-16-8-10-30-53-42/h1-31H. The maximum Gasteiger partial charge on any atom is 0.235 e. The van der Waals surface area contributed by atoms with E-state index in [1.165, 1.54) is 10.8 Å². The van der Waals surface area contributed by atoms with Crippen molar-refractivity contribution < 1.29 is 0 Å². The first-order valence-corrected chi connectivity index (χ1v) is 19.3. The minimum absolute atomic E-state index is 0.570. The fourth-order valence-corrected chi connectivity index (χ4v) is 8.55. The smallest absolute Gasteiger partial charge is 0.235 e. The molecule has 0 spiro atoms. The summed E-state index contributed by atoms with van der Waals surface area (Å²) in [4.78, 5) is 25.4. The van der Waals surface area contributed by atoms with Crippen LogP contribution in [-0.2, 0) is 0 Å². The van der Waals surface area contributed by atoms with Crippen molar-refractivity contribution in [2.45, 2.75) is 0 Å². The number of para-hydroxylation sites is 2. The molecule has 0 amide bonds. The van der Waals surface area contributed by atoms with Crippen LogP contribution >= 0.6 is 0 Å². The van der Waals surface area contributed by atoms with Crippen LogP contribution in [0.25, 0.3) is 111 Å². The van der Waals surface area contributed by atoms with Crippen LogP contribution in [-0.4, -0.2) is 33.9 Å². The lowest BCUT2D eigenvalue weighted by Gasteiger charge is -2.12.